The van der Waals surface area contributed by atoms with Gasteiger partial charge in [0.25, 0.3) is 0 Å². The predicted octanol–water partition coefficient (Wildman–Crippen LogP) is 2.56. The Labute approximate surface area is 109 Å². The summed E-state index contributed by atoms with van der Waals surface area (Å²) in [5.74, 6) is 1.67. The number of methoxy groups -OCH3 is 2. The molecular formula is C15H23NO2. The van der Waals surface area contributed by atoms with E-state index in [1.165, 1.54) is 17.5 Å². The molecule has 3 nitrogen and oxygen atoms in total. The SMILES string of the molecule is CCC(C)NC1Cc2cc(OC)c(OC)cc2C1. The fourth-order valence-electron chi connectivity index (χ4n) is 2.58. The number of fused-ring (bicyclic) bond motifs is 1. The van der Waals surface area contributed by atoms with E-state index in [9.17, 15) is 0 Å². The second-order valence-corrected chi connectivity index (χ2v) is 5.06. The van der Waals surface area contributed by atoms with Crippen molar-refractivity contribution in [3.8, 4) is 11.5 Å². The van der Waals surface area contributed by atoms with Crippen molar-refractivity contribution in [1.82, 2.24) is 5.32 Å². The summed E-state index contributed by atoms with van der Waals surface area (Å²) in [6.07, 6.45) is 3.33. The van der Waals surface area contributed by atoms with Gasteiger partial charge in [0.2, 0.25) is 0 Å². The number of benzene rings is 1. The van der Waals surface area contributed by atoms with E-state index in [4.69, 9.17) is 9.47 Å². The second-order valence-electron chi connectivity index (χ2n) is 5.06. The van der Waals surface area contributed by atoms with E-state index in [0.29, 0.717) is 12.1 Å². The van der Waals surface area contributed by atoms with Crippen LogP contribution in [0.2, 0.25) is 0 Å². The van der Waals surface area contributed by atoms with E-state index in [1.807, 2.05) is 0 Å². The van der Waals surface area contributed by atoms with Crippen LogP contribution in [0.1, 0.15) is 31.4 Å². The maximum atomic E-state index is 5.35. The van der Waals surface area contributed by atoms with Crippen LogP contribution in [0.4, 0.5) is 0 Å². The minimum atomic E-state index is 0.548. The summed E-state index contributed by atoms with van der Waals surface area (Å²) < 4.78 is 10.7. The molecule has 0 spiro atoms. The van der Waals surface area contributed by atoms with Crippen LogP contribution in [-0.4, -0.2) is 26.3 Å². The molecule has 3 heteroatoms. The highest BCUT2D eigenvalue weighted by molar-refractivity contribution is 5.49. The largest absolute Gasteiger partial charge is 0.493 e. The Morgan fingerprint density at radius 1 is 1.17 bits per heavy atom. The summed E-state index contributed by atoms with van der Waals surface area (Å²) in [6.45, 7) is 4.45. The van der Waals surface area contributed by atoms with Crippen molar-refractivity contribution in [2.45, 2.75) is 45.2 Å². The maximum absolute atomic E-state index is 5.35. The molecule has 0 saturated heterocycles. The van der Waals surface area contributed by atoms with E-state index in [-0.39, 0.29) is 0 Å². The lowest BCUT2D eigenvalue weighted by Crippen LogP contribution is -2.36. The molecule has 0 aliphatic heterocycles. The molecule has 1 N–H and O–H groups in total. The van der Waals surface area contributed by atoms with Crippen LogP contribution in [-0.2, 0) is 12.8 Å². The number of ether oxygens (including phenoxy) is 2. The number of hydrogen-bond acceptors (Lipinski definition) is 3. The van der Waals surface area contributed by atoms with Gasteiger partial charge in [-0.15, -0.1) is 0 Å². The lowest BCUT2D eigenvalue weighted by atomic mass is 10.1. The van der Waals surface area contributed by atoms with Gasteiger partial charge >= 0.3 is 0 Å². The van der Waals surface area contributed by atoms with Crippen LogP contribution >= 0.6 is 0 Å². The Morgan fingerprint density at radius 2 is 1.67 bits per heavy atom. The van der Waals surface area contributed by atoms with Crippen LogP contribution in [0.5, 0.6) is 11.5 Å². The van der Waals surface area contributed by atoms with Gasteiger partial charge in [0.05, 0.1) is 14.2 Å². The Balaban J connectivity index is 2.14. The third kappa shape index (κ3) is 2.61. The molecule has 1 aliphatic carbocycles. The maximum Gasteiger partial charge on any atom is 0.161 e. The fourth-order valence-corrected chi connectivity index (χ4v) is 2.58. The van der Waals surface area contributed by atoms with Gasteiger partial charge in [0, 0.05) is 12.1 Å². The zero-order chi connectivity index (χ0) is 13.1. The lowest BCUT2D eigenvalue weighted by Gasteiger charge is -2.17. The molecule has 18 heavy (non-hydrogen) atoms. The quantitative estimate of drug-likeness (QED) is 0.870. The first-order chi connectivity index (χ1) is 8.67. The number of rotatable bonds is 5. The molecule has 0 bridgehead atoms. The Hall–Kier alpha value is -1.22. The first kappa shape index (κ1) is 13.2. The molecule has 0 heterocycles. The van der Waals surface area contributed by atoms with E-state index in [0.717, 1.165) is 24.3 Å². The Morgan fingerprint density at radius 3 is 2.06 bits per heavy atom. The van der Waals surface area contributed by atoms with Crippen molar-refractivity contribution >= 4 is 0 Å². The highest BCUT2D eigenvalue weighted by Gasteiger charge is 2.24. The normalized spacial score (nSPS) is 16.4. The van der Waals surface area contributed by atoms with E-state index in [1.54, 1.807) is 14.2 Å². The first-order valence-electron chi connectivity index (χ1n) is 6.67. The molecule has 0 amide bonds. The number of hydrogen-bond donors (Lipinski definition) is 1. The molecule has 100 valence electrons. The van der Waals surface area contributed by atoms with Crippen LogP contribution in [0.3, 0.4) is 0 Å². The van der Waals surface area contributed by atoms with Gasteiger partial charge in [0.1, 0.15) is 0 Å². The molecule has 1 unspecified atom stereocenters. The molecule has 1 atom stereocenters. The van der Waals surface area contributed by atoms with Gasteiger partial charge in [-0.3, -0.25) is 0 Å². The van der Waals surface area contributed by atoms with Gasteiger partial charge < -0.3 is 14.8 Å². The summed E-state index contributed by atoms with van der Waals surface area (Å²) in [6, 6.07) is 5.36. The van der Waals surface area contributed by atoms with Crippen molar-refractivity contribution in [2.24, 2.45) is 0 Å². The summed E-state index contributed by atoms with van der Waals surface area (Å²) in [4.78, 5) is 0. The molecule has 1 aliphatic rings. The zero-order valence-corrected chi connectivity index (χ0v) is 11.7. The van der Waals surface area contributed by atoms with E-state index < -0.39 is 0 Å². The molecule has 0 radical (unpaired) electrons. The van der Waals surface area contributed by atoms with Gasteiger partial charge in [-0.2, -0.15) is 0 Å². The minimum absolute atomic E-state index is 0.548. The average Bonchev–Trinajstić information content (AvgIpc) is 2.77. The lowest BCUT2D eigenvalue weighted by molar-refractivity contribution is 0.354. The monoisotopic (exact) mass is 249 g/mol. The fraction of sp³-hybridized carbons (Fsp3) is 0.600. The van der Waals surface area contributed by atoms with Crippen LogP contribution < -0.4 is 14.8 Å². The van der Waals surface area contributed by atoms with Gasteiger partial charge in [-0.1, -0.05) is 6.92 Å². The van der Waals surface area contributed by atoms with Crippen molar-refractivity contribution in [1.29, 1.82) is 0 Å². The molecule has 2 rings (SSSR count). The van der Waals surface area contributed by atoms with Crippen molar-refractivity contribution < 1.29 is 9.47 Å². The summed E-state index contributed by atoms with van der Waals surface area (Å²) in [7, 11) is 3.38. The highest BCUT2D eigenvalue weighted by atomic mass is 16.5. The molecule has 0 fully saturated rings. The van der Waals surface area contributed by atoms with Crippen molar-refractivity contribution in [3.05, 3.63) is 23.3 Å². The third-order valence-corrected chi connectivity index (χ3v) is 3.77. The van der Waals surface area contributed by atoms with Gasteiger partial charge in [-0.25, -0.2) is 0 Å². The Bertz CT molecular complexity index is 384. The van der Waals surface area contributed by atoms with Crippen LogP contribution in [0.15, 0.2) is 12.1 Å². The highest BCUT2D eigenvalue weighted by Crippen LogP contribution is 2.34. The predicted molar refractivity (Wildman–Crippen MR) is 73.6 cm³/mol. The van der Waals surface area contributed by atoms with E-state index in [2.05, 4.69) is 31.3 Å². The molecule has 0 saturated carbocycles. The summed E-state index contributed by atoms with van der Waals surface area (Å²) in [5.41, 5.74) is 2.77. The molecule has 1 aromatic rings. The van der Waals surface area contributed by atoms with Crippen molar-refractivity contribution in [2.75, 3.05) is 14.2 Å². The summed E-state index contributed by atoms with van der Waals surface area (Å²) in [5, 5.41) is 3.67. The summed E-state index contributed by atoms with van der Waals surface area (Å²) >= 11 is 0. The second kappa shape index (κ2) is 5.61. The van der Waals surface area contributed by atoms with Gasteiger partial charge in [-0.05, 0) is 49.4 Å². The molecule has 1 aromatic carbocycles. The van der Waals surface area contributed by atoms with E-state index >= 15 is 0 Å². The smallest absolute Gasteiger partial charge is 0.161 e. The Kier molecular flexibility index (Phi) is 4.12. The van der Waals surface area contributed by atoms with Gasteiger partial charge in [0.15, 0.2) is 11.5 Å². The zero-order valence-electron chi connectivity index (χ0n) is 11.7. The standard InChI is InChI=1S/C15H23NO2/c1-5-10(2)16-13-6-11-8-14(17-3)15(18-4)9-12(11)7-13/h8-10,13,16H,5-7H2,1-4H3. The third-order valence-electron chi connectivity index (χ3n) is 3.77. The first-order valence-corrected chi connectivity index (χ1v) is 6.67. The topological polar surface area (TPSA) is 30.5 Å². The van der Waals surface area contributed by atoms with Crippen LogP contribution in [0, 0.1) is 0 Å². The minimum Gasteiger partial charge on any atom is -0.493 e. The molecular weight excluding hydrogens is 226 g/mol. The van der Waals surface area contributed by atoms with Crippen molar-refractivity contribution in [3.63, 3.8) is 0 Å². The van der Waals surface area contributed by atoms with Crippen LogP contribution in [0.25, 0.3) is 0 Å². The molecule has 0 aromatic heterocycles. The average molecular weight is 249 g/mol. The number of nitrogens with one attached hydrogen (secondary N) is 1.